The van der Waals surface area contributed by atoms with Gasteiger partial charge in [0.1, 0.15) is 5.82 Å². The predicted molar refractivity (Wildman–Crippen MR) is 95.1 cm³/mol. The Hall–Kier alpha value is -0.900. The molecule has 0 aliphatic heterocycles. The van der Waals surface area contributed by atoms with Crippen molar-refractivity contribution in [3.8, 4) is 11.1 Å². The Labute approximate surface area is 139 Å². The molecule has 0 N–H and O–H groups in total. The molecule has 0 bridgehead atoms. The Bertz CT molecular complexity index is 627. The highest BCUT2D eigenvalue weighted by Gasteiger charge is 2.30. The third-order valence-corrected chi connectivity index (χ3v) is 5.04. The molecule has 1 saturated carbocycles. The minimum Gasteiger partial charge on any atom is -0.205 e. The fourth-order valence-electron chi connectivity index (χ4n) is 2.82. The summed E-state index contributed by atoms with van der Waals surface area (Å²) in [6, 6.07) is 12.7. The van der Waals surface area contributed by atoms with Gasteiger partial charge in [-0.25, -0.2) is 4.39 Å². The summed E-state index contributed by atoms with van der Waals surface area (Å²) < 4.78 is 15.2. The number of unbranched alkanes of at least 4 members (excludes halogenated alkanes) is 1. The molecule has 1 aliphatic rings. The van der Waals surface area contributed by atoms with Crippen molar-refractivity contribution >= 4 is 22.6 Å². The minimum absolute atomic E-state index is 0.00865. The highest BCUT2D eigenvalue weighted by atomic mass is 127. The summed E-state index contributed by atoms with van der Waals surface area (Å²) in [6.07, 6.45) is 5.82. The molecule has 3 rings (SSSR count). The van der Waals surface area contributed by atoms with Crippen LogP contribution in [0.5, 0.6) is 0 Å². The monoisotopic (exact) mass is 394 g/mol. The predicted octanol–water partition coefficient (Wildman–Crippen LogP) is 6.32. The molecule has 2 aromatic rings. The summed E-state index contributed by atoms with van der Waals surface area (Å²) in [7, 11) is 0. The fourth-order valence-corrected chi connectivity index (χ4v) is 3.29. The molecular weight excluding hydrogens is 374 g/mol. The van der Waals surface area contributed by atoms with Crippen molar-refractivity contribution in [2.75, 3.05) is 0 Å². The number of hydrogen-bond donors (Lipinski definition) is 0. The van der Waals surface area contributed by atoms with Crippen molar-refractivity contribution in [1.82, 2.24) is 0 Å². The first kappa shape index (κ1) is 15.0. The van der Waals surface area contributed by atoms with E-state index < -0.39 is 0 Å². The van der Waals surface area contributed by atoms with E-state index in [0.29, 0.717) is 5.92 Å². The van der Waals surface area contributed by atoms with Crippen LogP contribution in [-0.4, -0.2) is 0 Å². The van der Waals surface area contributed by atoms with Gasteiger partial charge in [0.25, 0.3) is 0 Å². The maximum Gasteiger partial charge on any atom is 0.140 e. The van der Waals surface area contributed by atoms with Gasteiger partial charge in [-0.15, -0.1) is 0 Å². The molecule has 1 aliphatic carbocycles. The third-order valence-electron chi connectivity index (χ3n) is 4.20. The van der Waals surface area contributed by atoms with Gasteiger partial charge in [0.2, 0.25) is 0 Å². The standard InChI is InChI=1S/C19H20FI/c1-2-3-4-13-5-7-14(8-6-13)16-11-12-17(21)19(20)18(16)15-9-10-15/h5-8,11-12,15H,2-4,9-10H2,1H3. The van der Waals surface area contributed by atoms with Crippen LogP contribution in [0, 0.1) is 9.39 Å². The summed E-state index contributed by atoms with van der Waals surface area (Å²) in [6.45, 7) is 2.21. The highest BCUT2D eigenvalue weighted by molar-refractivity contribution is 14.1. The van der Waals surface area contributed by atoms with Gasteiger partial charge < -0.3 is 0 Å². The molecule has 0 amide bonds. The zero-order valence-electron chi connectivity index (χ0n) is 12.3. The largest absolute Gasteiger partial charge is 0.205 e. The van der Waals surface area contributed by atoms with E-state index >= 15 is 0 Å². The lowest BCUT2D eigenvalue weighted by Gasteiger charge is -2.12. The van der Waals surface area contributed by atoms with Crippen LogP contribution in [0.15, 0.2) is 36.4 Å². The first-order chi connectivity index (χ1) is 10.2. The van der Waals surface area contributed by atoms with Crippen molar-refractivity contribution in [1.29, 1.82) is 0 Å². The zero-order valence-corrected chi connectivity index (χ0v) is 14.5. The number of rotatable bonds is 5. The molecule has 21 heavy (non-hydrogen) atoms. The normalized spacial score (nSPS) is 14.4. The van der Waals surface area contributed by atoms with E-state index in [0.717, 1.165) is 39.5 Å². The number of halogens is 2. The van der Waals surface area contributed by atoms with Crippen LogP contribution in [0.4, 0.5) is 4.39 Å². The second-order valence-electron chi connectivity index (χ2n) is 5.90. The van der Waals surface area contributed by atoms with E-state index in [1.165, 1.54) is 18.4 Å². The average molecular weight is 394 g/mol. The number of hydrogen-bond acceptors (Lipinski definition) is 0. The summed E-state index contributed by atoms with van der Waals surface area (Å²) in [5.41, 5.74) is 4.53. The Morgan fingerprint density at radius 3 is 2.43 bits per heavy atom. The van der Waals surface area contributed by atoms with Gasteiger partial charge in [0.15, 0.2) is 0 Å². The SMILES string of the molecule is CCCCc1ccc(-c2ccc(I)c(F)c2C2CC2)cc1. The third kappa shape index (κ3) is 3.31. The molecule has 0 nitrogen and oxygen atoms in total. The second-order valence-corrected chi connectivity index (χ2v) is 7.06. The maximum atomic E-state index is 14.5. The van der Waals surface area contributed by atoms with Gasteiger partial charge in [-0.3, -0.25) is 0 Å². The van der Waals surface area contributed by atoms with Gasteiger partial charge in [-0.1, -0.05) is 43.7 Å². The van der Waals surface area contributed by atoms with Crippen molar-refractivity contribution in [2.24, 2.45) is 0 Å². The molecule has 2 heteroatoms. The topological polar surface area (TPSA) is 0 Å². The summed E-state index contributed by atoms with van der Waals surface area (Å²) in [5.74, 6) is 0.417. The molecule has 2 aromatic carbocycles. The van der Waals surface area contributed by atoms with Gasteiger partial charge in [0, 0.05) is 3.57 Å². The lowest BCUT2D eigenvalue weighted by Crippen LogP contribution is -1.96. The van der Waals surface area contributed by atoms with Crippen LogP contribution < -0.4 is 0 Å². The molecule has 0 radical (unpaired) electrons. The molecule has 110 valence electrons. The molecule has 1 fully saturated rings. The van der Waals surface area contributed by atoms with E-state index in [1.807, 2.05) is 6.07 Å². The van der Waals surface area contributed by atoms with Crippen LogP contribution in [0.1, 0.15) is 49.7 Å². The number of aryl methyl sites for hydroxylation is 1. The van der Waals surface area contributed by atoms with Crippen molar-refractivity contribution in [2.45, 2.75) is 44.9 Å². The van der Waals surface area contributed by atoms with Crippen LogP contribution in [0.3, 0.4) is 0 Å². The smallest absolute Gasteiger partial charge is 0.140 e. The first-order valence-electron chi connectivity index (χ1n) is 7.78. The van der Waals surface area contributed by atoms with E-state index in [-0.39, 0.29) is 5.82 Å². The summed E-state index contributed by atoms with van der Waals surface area (Å²) in [5, 5.41) is 0. The first-order valence-corrected chi connectivity index (χ1v) is 8.85. The second kappa shape index (κ2) is 6.47. The van der Waals surface area contributed by atoms with E-state index in [1.54, 1.807) is 0 Å². The van der Waals surface area contributed by atoms with Gasteiger partial charge in [0.05, 0.1) is 0 Å². The number of benzene rings is 2. The Kier molecular flexibility index (Phi) is 4.63. The van der Waals surface area contributed by atoms with E-state index in [2.05, 4.69) is 59.8 Å². The Morgan fingerprint density at radius 1 is 1.10 bits per heavy atom. The van der Waals surface area contributed by atoms with Crippen molar-refractivity contribution in [3.05, 3.63) is 56.9 Å². The van der Waals surface area contributed by atoms with E-state index in [9.17, 15) is 4.39 Å². The van der Waals surface area contributed by atoms with Crippen LogP contribution in [0.2, 0.25) is 0 Å². The molecular formula is C19H20FI. The molecule has 0 spiro atoms. The maximum absolute atomic E-state index is 14.5. The lowest BCUT2D eigenvalue weighted by atomic mass is 9.95. The summed E-state index contributed by atoms with van der Waals surface area (Å²) >= 11 is 2.09. The highest BCUT2D eigenvalue weighted by Crippen LogP contribution is 2.46. The average Bonchev–Trinajstić information content (AvgIpc) is 3.33. The Morgan fingerprint density at radius 2 is 1.81 bits per heavy atom. The lowest BCUT2D eigenvalue weighted by molar-refractivity contribution is 0.604. The van der Waals surface area contributed by atoms with Crippen molar-refractivity contribution in [3.63, 3.8) is 0 Å². The van der Waals surface area contributed by atoms with Gasteiger partial charge >= 0.3 is 0 Å². The zero-order chi connectivity index (χ0) is 14.8. The quantitative estimate of drug-likeness (QED) is 0.521. The molecule has 0 heterocycles. The molecule has 0 aromatic heterocycles. The van der Waals surface area contributed by atoms with Crippen LogP contribution in [0.25, 0.3) is 11.1 Å². The van der Waals surface area contributed by atoms with Crippen LogP contribution in [-0.2, 0) is 6.42 Å². The summed E-state index contributed by atoms with van der Waals surface area (Å²) in [4.78, 5) is 0. The molecule has 0 saturated heterocycles. The Balaban J connectivity index is 1.95. The molecule has 0 atom stereocenters. The van der Waals surface area contributed by atoms with Gasteiger partial charge in [-0.05, 0) is 82.5 Å². The van der Waals surface area contributed by atoms with Crippen LogP contribution >= 0.6 is 22.6 Å². The van der Waals surface area contributed by atoms with Crippen molar-refractivity contribution < 1.29 is 4.39 Å². The minimum atomic E-state index is -0.00865. The van der Waals surface area contributed by atoms with Gasteiger partial charge in [-0.2, -0.15) is 0 Å². The van der Waals surface area contributed by atoms with E-state index in [4.69, 9.17) is 0 Å². The fraction of sp³-hybridized carbons (Fsp3) is 0.368. The molecule has 0 unspecified atom stereocenters.